The molecule has 0 aromatic heterocycles. The Morgan fingerprint density at radius 1 is 0.933 bits per heavy atom. The molecule has 0 amide bonds. The number of piperidine rings is 2. The Bertz CT molecular complexity index is 1060. The van der Waals surface area contributed by atoms with Crippen LogP contribution in [-0.4, -0.2) is 78.3 Å². The highest BCUT2D eigenvalue weighted by Gasteiger charge is 2.67. The first kappa shape index (κ1) is 35.4. The SMILES string of the molecule is C=CC[N+]1([C@H]2CC3C4CC[C@H]5C[C@H](OC(C)=O)[C@@H](N6CCCCC6)C[C@]5(C)C4CC[C@]3(C)[C@H]2OC(=O)CCC)CCCCC1.[Br-]. The molecular weight excluding hydrogens is 628 g/mol. The topological polar surface area (TPSA) is 55.8 Å². The van der Waals surface area contributed by atoms with Gasteiger partial charge in [-0.2, -0.15) is 0 Å². The smallest absolute Gasteiger partial charge is 0.306 e. The van der Waals surface area contributed by atoms with Crippen LogP contribution >= 0.6 is 0 Å². The number of rotatable bonds is 8. The van der Waals surface area contributed by atoms with Gasteiger partial charge in [-0.25, -0.2) is 0 Å². The lowest BCUT2D eigenvalue weighted by Gasteiger charge is -2.62. The maximum atomic E-state index is 13.2. The highest BCUT2D eigenvalue weighted by Crippen LogP contribution is 2.68. The first-order chi connectivity index (χ1) is 21.1. The number of hydrogen-bond donors (Lipinski definition) is 0. The van der Waals surface area contributed by atoms with Crippen molar-refractivity contribution in [1.82, 2.24) is 4.90 Å². The average Bonchev–Trinajstić information content (AvgIpc) is 3.30. The highest BCUT2D eigenvalue weighted by atomic mass is 79.9. The van der Waals surface area contributed by atoms with Crippen molar-refractivity contribution in [3.8, 4) is 0 Å². The largest absolute Gasteiger partial charge is 1.00 e. The summed E-state index contributed by atoms with van der Waals surface area (Å²) in [6, 6.07) is 0.732. The second-order valence-electron chi connectivity index (χ2n) is 16.6. The van der Waals surface area contributed by atoms with Crippen molar-refractivity contribution >= 4 is 11.9 Å². The lowest BCUT2D eigenvalue weighted by Crippen LogP contribution is -3.00. The monoisotopic (exact) mass is 690 g/mol. The minimum absolute atomic E-state index is 0. The van der Waals surface area contributed by atoms with E-state index in [1.165, 1.54) is 77.3 Å². The third-order valence-electron chi connectivity index (χ3n) is 14.4. The van der Waals surface area contributed by atoms with E-state index in [2.05, 4.69) is 38.3 Å². The normalized spacial score (nSPS) is 42.7. The van der Waals surface area contributed by atoms with E-state index in [9.17, 15) is 9.59 Å². The van der Waals surface area contributed by atoms with Crippen LogP contribution in [0.25, 0.3) is 0 Å². The van der Waals surface area contributed by atoms with Gasteiger partial charge in [-0.3, -0.25) is 14.5 Å². The van der Waals surface area contributed by atoms with E-state index in [1.54, 1.807) is 6.92 Å². The van der Waals surface area contributed by atoms with Crippen LogP contribution in [0, 0.1) is 34.5 Å². The third-order valence-corrected chi connectivity index (χ3v) is 14.4. The van der Waals surface area contributed by atoms with Gasteiger partial charge in [-0.1, -0.05) is 33.8 Å². The molecule has 256 valence electrons. The van der Waals surface area contributed by atoms with Crippen LogP contribution in [0.1, 0.15) is 124 Å². The number of ether oxygens (including phenoxy) is 2. The summed E-state index contributed by atoms with van der Waals surface area (Å²) in [6.45, 7) is 18.8. The highest BCUT2D eigenvalue weighted by molar-refractivity contribution is 5.69. The van der Waals surface area contributed by atoms with E-state index in [0.29, 0.717) is 42.2 Å². The summed E-state index contributed by atoms with van der Waals surface area (Å²) in [5.74, 6) is 2.51. The zero-order valence-electron chi connectivity index (χ0n) is 29.0. The fourth-order valence-electron chi connectivity index (χ4n) is 12.4. The number of carbonyl (C=O) groups excluding carboxylic acids is 2. The standard InChI is InChI=1S/C38H63N2O4.BrH/c1-6-14-35(42)44-36-33(40(21-7-2)22-12-9-13-23-40)25-31-29-16-15-28-24-34(43-27(3)41)32(39-19-10-8-11-20-39)26-38(28,5)30(29)17-18-37(31,36)4;/h7,28-34,36H,2,6,8-26H2,1,3-5H3;1H/q+1;/p-1/t28-,29?,30?,31?,32-,33-,34-,36-,37-,38-;/m0./s1. The lowest BCUT2D eigenvalue weighted by molar-refractivity contribution is -0.952. The number of fused-ring (bicyclic) bond motifs is 5. The predicted molar refractivity (Wildman–Crippen MR) is 175 cm³/mol. The molecule has 3 unspecified atom stereocenters. The van der Waals surface area contributed by atoms with Crippen molar-refractivity contribution in [2.24, 2.45) is 34.5 Å². The first-order valence-electron chi connectivity index (χ1n) is 18.7. The molecule has 0 N–H and O–H groups in total. The van der Waals surface area contributed by atoms with Gasteiger partial charge in [0.25, 0.3) is 0 Å². The molecule has 2 saturated heterocycles. The zero-order valence-corrected chi connectivity index (χ0v) is 30.5. The summed E-state index contributed by atoms with van der Waals surface area (Å²) in [6.07, 6.45) is 19.6. The quantitative estimate of drug-likeness (QED) is 0.216. The van der Waals surface area contributed by atoms with Gasteiger partial charge in [0.1, 0.15) is 12.1 Å². The molecule has 2 heterocycles. The second-order valence-corrected chi connectivity index (χ2v) is 16.6. The van der Waals surface area contributed by atoms with Crippen LogP contribution in [0.3, 0.4) is 0 Å². The fourth-order valence-corrected chi connectivity index (χ4v) is 12.4. The number of carbonyl (C=O) groups is 2. The average molecular weight is 692 g/mol. The fraction of sp³-hybridized carbons (Fsp3) is 0.895. The first-order valence-corrected chi connectivity index (χ1v) is 18.7. The molecular formula is C38H63BrN2O4. The molecule has 6 fully saturated rings. The Hall–Kier alpha value is -0.920. The van der Waals surface area contributed by atoms with Crippen molar-refractivity contribution < 1.29 is 40.5 Å². The maximum absolute atomic E-state index is 13.2. The number of halogens is 1. The molecule has 0 bridgehead atoms. The van der Waals surface area contributed by atoms with Gasteiger partial charge in [0, 0.05) is 31.2 Å². The Morgan fingerprint density at radius 2 is 1.64 bits per heavy atom. The number of hydrogen-bond acceptors (Lipinski definition) is 5. The van der Waals surface area contributed by atoms with Crippen molar-refractivity contribution in [2.75, 3.05) is 32.7 Å². The van der Waals surface area contributed by atoms with Crippen LogP contribution in [0.2, 0.25) is 0 Å². The van der Waals surface area contributed by atoms with Crippen LogP contribution in [-0.2, 0) is 19.1 Å². The van der Waals surface area contributed by atoms with Gasteiger partial charge in [0.2, 0.25) is 0 Å². The molecule has 6 nitrogen and oxygen atoms in total. The van der Waals surface area contributed by atoms with Gasteiger partial charge in [-0.15, -0.1) is 0 Å². The minimum Gasteiger partial charge on any atom is -1.00 e. The number of likely N-dealkylation sites (tertiary alicyclic amines) is 2. The summed E-state index contributed by atoms with van der Waals surface area (Å²) in [5.41, 5.74) is 0.317. The second kappa shape index (κ2) is 14.3. The number of quaternary nitrogens is 1. The molecule has 4 saturated carbocycles. The van der Waals surface area contributed by atoms with Gasteiger partial charge >= 0.3 is 11.9 Å². The summed E-state index contributed by atoms with van der Waals surface area (Å²) in [4.78, 5) is 28.2. The van der Waals surface area contributed by atoms with Crippen molar-refractivity contribution in [3.63, 3.8) is 0 Å². The van der Waals surface area contributed by atoms with E-state index in [1.807, 2.05) is 0 Å². The lowest BCUT2D eigenvalue weighted by atomic mass is 9.44. The third kappa shape index (κ3) is 6.46. The van der Waals surface area contributed by atoms with Crippen LogP contribution < -0.4 is 17.0 Å². The number of nitrogens with zero attached hydrogens (tertiary/aromatic N) is 2. The van der Waals surface area contributed by atoms with Crippen LogP contribution in [0.5, 0.6) is 0 Å². The molecule has 10 atom stereocenters. The molecule has 7 heteroatoms. The van der Waals surface area contributed by atoms with E-state index < -0.39 is 0 Å². The minimum atomic E-state index is -0.113. The van der Waals surface area contributed by atoms with Gasteiger partial charge in [-0.05, 0) is 125 Å². The van der Waals surface area contributed by atoms with Gasteiger partial charge < -0.3 is 30.9 Å². The molecule has 0 spiro atoms. The molecule has 6 rings (SSSR count). The number of esters is 2. The summed E-state index contributed by atoms with van der Waals surface area (Å²) in [5, 5.41) is 0. The van der Waals surface area contributed by atoms with E-state index in [0.717, 1.165) is 49.8 Å². The molecule has 6 aliphatic rings. The summed E-state index contributed by atoms with van der Waals surface area (Å²) >= 11 is 0. The summed E-state index contributed by atoms with van der Waals surface area (Å²) < 4.78 is 13.9. The zero-order chi connectivity index (χ0) is 31.1. The van der Waals surface area contributed by atoms with Crippen molar-refractivity contribution in [2.45, 2.75) is 148 Å². The van der Waals surface area contributed by atoms with Crippen LogP contribution in [0.4, 0.5) is 0 Å². The van der Waals surface area contributed by atoms with E-state index in [4.69, 9.17) is 9.47 Å². The van der Waals surface area contributed by atoms with E-state index in [-0.39, 0.29) is 52.0 Å². The van der Waals surface area contributed by atoms with Gasteiger partial charge in [0.15, 0.2) is 6.10 Å². The van der Waals surface area contributed by atoms with Crippen LogP contribution in [0.15, 0.2) is 12.7 Å². The molecule has 0 aromatic rings. The maximum Gasteiger partial charge on any atom is 0.306 e. The van der Waals surface area contributed by atoms with Crippen molar-refractivity contribution in [1.29, 1.82) is 0 Å². The molecule has 0 radical (unpaired) electrons. The molecule has 4 aliphatic carbocycles. The molecule has 0 aromatic carbocycles. The Morgan fingerprint density at radius 3 is 2.31 bits per heavy atom. The molecule has 2 aliphatic heterocycles. The van der Waals surface area contributed by atoms with Crippen molar-refractivity contribution in [3.05, 3.63) is 12.7 Å². The summed E-state index contributed by atoms with van der Waals surface area (Å²) in [7, 11) is 0. The molecule has 45 heavy (non-hydrogen) atoms. The Kier molecular flexibility index (Phi) is 11.2. The van der Waals surface area contributed by atoms with Gasteiger partial charge in [0.05, 0.1) is 19.6 Å². The Balaban J connectivity index is 0.00000400. The van der Waals surface area contributed by atoms with E-state index >= 15 is 0 Å². The Labute approximate surface area is 284 Å². The predicted octanol–water partition coefficient (Wildman–Crippen LogP) is 4.31.